The summed E-state index contributed by atoms with van der Waals surface area (Å²) in [7, 11) is 1.12. The Labute approximate surface area is 192 Å². The molecular weight excluding hydrogens is 465 g/mol. The summed E-state index contributed by atoms with van der Waals surface area (Å²) in [5, 5.41) is 11.9. The molecule has 0 N–H and O–H groups in total. The largest absolute Gasteiger partial charge is 0.456 e. The zero-order valence-electron chi connectivity index (χ0n) is 17.9. The van der Waals surface area contributed by atoms with Crippen LogP contribution in [0.25, 0.3) is 0 Å². The predicted octanol–water partition coefficient (Wildman–Crippen LogP) is 4.90. The van der Waals surface area contributed by atoms with Gasteiger partial charge in [-0.1, -0.05) is 37.0 Å². The summed E-state index contributed by atoms with van der Waals surface area (Å²) in [6, 6.07) is 7.86. The molecule has 0 heterocycles. The zero-order chi connectivity index (χ0) is 23.6. The van der Waals surface area contributed by atoms with Crippen LogP contribution in [0, 0.1) is 15.5 Å². The first kappa shape index (κ1) is 25.4. The molecule has 8 nitrogen and oxygen atoms in total. The lowest BCUT2D eigenvalue weighted by Gasteiger charge is -2.32. The fourth-order valence-electron chi connectivity index (χ4n) is 3.37. The SMILES string of the molecule is CN(C)CC(C)(C)CN(C)S(=O)(=O)c1cc([N+](=O)[O-])ccc1Oc1cc(Cl)cc(Cl)c1. The second-order valence-corrected chi connectivity index (χ2v) is 11.1. The predicted molar refractivity (Wildman–Crippen MR) is 122 cm³/mol. The first-order valence-electron chi connectivity index (χ1n) is 9.25. The van der Waals surface area contributed by atoms with Gasteiger partial charge in [-0.25, -0.2) is 12.7 Å². The van der Waals surface area contributed by atoms with Crippen molar-refractivity contribution in [1.82, 2.24) is 9.21 Å². The van der Waals surface area contributed by atoms with Crippen LogP contribution >= 0.6 is 23.2 Å². The summed E-state index contributed by atoms with van der Waals surface area (Å²) in [6.07, 6.45) is 0. The second-order valence-electron chi connectivity index (χ2n) is 8.26. The van der Waals surface area contributed by atoms with E-state index in [-0.39, 0.29) is 34.0 Å². The quantitative estimate of drug-likeness (QED) is 0.367. The van der Waals surface area contributed by atoms with Gasteiger partial charge in [0.15, 0.2) is 0 Å². The van der Waals surface area contributed by atoms with E-state index < -0.39 is 14.9 Å². The molecule has 0 radical (unpaired) electrons. The van der Waals surface area contributed by atoms with Crippen LogP contribution in [0.4, 0.5) is 5.69 Å². The van der Waals surface area contributed by atoms with Gasteiger partial charge in [0.2, 0.25) is 10.0 Å². The Morgan fingerprint density at radius 2 is 1.61 bits per heavy atom. The van der Waals surface area contributed by atoms with Gasteiger partial charge in [0.25, 0.3) is 5.69 Å². The number of sulfonamides is 1. The lowest BCUT2D eigenvalue weighted by atomic mass is 9.93. The molecule has 2 aromatic rings. The van der Waals surface area contributed by atoms with Crippen LogP contribution in [-0.2, 0) is 10.0 Å². The fourth-order valence-corrected chi connectivity index (χ4v) is 5.37. The Kier molecular flexibility index (Phi) is 7.94. The van der Waals surface area contributed by atoms with Crippen molar-refractivity contribution in [1.29, 1.82) is 0 Å². The summed E-state index contributed by atoms with van der Waals surface area (Å²) in [4.78, 5) is 12.3. The van der Waals surface area contributed by atoms with Crippen molar-refractivity contribution in [2.75, 3.05) is 34.2 Å². The fraction of sp³-hybridized carbons (Fsp3) is 0.400. The number of nitro groups is 1. The third-order valence-electron chi connectivity index (χ3n) is 4.29. The Hall–Kier alpha value is -1.91. The van der Waals surface area contributed by atoms with Gasteiger partial charge in [-0.3, -0.25) is 10.1 Å². The van der Waals surface area contributed by atoms with Gasteiger partial charge >= 0.3 is 0 Å². The van der Waals surface area contributed by atoms with E-state index in [1.165, 1.54) is 41.7 Å². The van der Waals surface area contributed by atoms with Crippen molar-refractivity contribution in [2.24, 2.45) is 5.41 Å². The summed E-state index contributed by atoms with van der Waals surface area (Å²) in [5.41, 5.74) is -0.732. The molecule has 0 saturated heterocycles. The molecule has 0 aliphatic rings. The highest BCUT2D eigenvalue weighted by Crippen LogP contribution is 2.36. The van der Waals surface area contributed by atoms with Crippen LogP contribution in [-0.4, -0.2) is 56.8 Å². The zero-order valence-corrected chi connectivity index (χ0v) is 20.3. The molecule has 0 spiro atoms. The van der Waals surface area contributed by atoms with Crippen LogP contribution in [0.1, 0.15) is 13.8 Å². The van der Waals surface area contributed by atoms with Crippen LogP contribution in [0.5, 0.6) is 11.5 Å². The van der Waals surface area contributed by atoms with Crippen LogP contribution in [0.2, 0.25) is 10.0 Å². The molecule has 170 valence electrons. The van der Waals surface area contributed by atoms with Gasteiger partial charge in [-0.05, 0) is 43.8 Å². The maximum atomic E-state index is 13.4. The first-order valence-corrected chi connectivity index (χ1v) is 11.4. The lowest BCUT2D eigenvalue weighted by molar-refractivity contribution is -0.385. The third-order valence-corrected chi connectivity index (χ3v) is 6.55. The number of benzene rings is 2. The normalized spacial score (nSPS) is 12.4. The van der Waals surface area contributed by atoms with Crippen molar-refractivity contribution in [3.05, 3.63) is 56.6 Å². The number of hydrogen-bond acceptors (Lipinski definition) is 6. The van der Waals surface area contributed by atoms with E-state index in [1.807, 2.05) is 32.8 Å². The Morgan fingerprint density at radius 1 is 1.03 bits per heavy atom. The van der Waals surface area contributed by atoms with Crippen molar-refractivity contribution in [3.63, 3.8) is 0 Å². The molecule has 0 unspecified atom stereocenters. The molecule has 0 atom stereocenters. The van der Waals surface area contributed by atoms with Gasteiger partial charge in [0.1, 0.15) is 16.4 Å². The number of hydrogen-bond donors (Lipinski definition) is 0. The molecule has 0 fully saturated rings. The molecule has 31 heavy (non-hydrogen) atoms. The monoisotopic (exact) mass is 489 g/mol. The number of rotatable bonds is 9. The van der Waals surface area contributed by atoms with E-state index in [4.69, 9.17) is 27.9 Å². The van der Waals surface area contributed by atoms with E-state index in [0.717, 1.165) is 6.07 Å². The summed E-state index contributed by atoms with van der Waals surface area (Å²) < 4.78 is 33.7. The number of non-ortho nitro benzene ring substituents is 1. The van der Waals surface area contributed by atoms with E-state index in [9.17, 15) is 18.5 Å². The van der Waals surface area contributed by atoms with Gasteiger partial charge < -0.3 is 9.64 Å². The van der Waals surface area contributed by atoms with Crippen LogP contribution < -0.4 is 4.74 Å². The van der Waals surface area contributed by atoms with Crippen molar-refractivity contribution in [2.45, 2.75) is 18.7 Å². The van der Waals surface area contributed by atoms with Crippen molar-refractivity contribution in [3.8, 4) is 11.5 Å². The number of halogens is 2. The summed E-state index contributed by atoms with van der Waals surface area (Å²) in [5.74, 6) is 0.139. The van der Waals surface area contributed by atoms with Gasteiger partial charge in [0, 0.05) is 42.3 Å². The van der Waals surface area contributed by atoms with Crippen molar-refractivity contribution >= 4 is 38.9 Å². The van der Waals surface area contributed by atoms with E-state index >= 15 is 0 Å². The molecule has 11 heteroatoms. The highest BCUT2D eigenvalue weighted by atomic mass is 35.5. The average Bonchev–Trinajstić information content (AvgIpc) is 2.59. The molecule has 0 aromatic heterocycles. The van der Waals surface area contributed by atoms with Crippen LogP contribution in [0.15, 0.2) is 41.3 Å². The molecule has 0 aliphatic heterocycles. The maximum Gasteiger partial charge on any atom is 0.271 e. The lowest BCUT2D eigenvalue weighted by Crippen LogP contribution is -2.41. The van der Waals surface area contributed by atoms with Crippen LogP contribution in [0.3, 0.4) is 0 Å². The highest BCUT2D eigenvalue weighted by molar-refractivity contribution is 7.89. The molecule has 2 rings (SSSR count). The Bertz CT molecular complexity index is 1050. The third kappa shape index (κ3) is 6.78. The highest BCUT2D eigenvalue weighted by Gasteiger charge is 2.32. The molecule has 2 aromatic carbocycles. The standard InChI is InChI=1S/C20H25Cl2N3O5S/c1-20(2,12-23(3)4)13-24(5)31(28,29)19-11-16(25(26)27)6-7-18(19)30-17-9-14(21)8-15(22)10-17/h6-11H,12-13H2,1-5H3. The van der Waals surface area contributed by atoms with E-state index in [0.29, 0.717) is 16.6 Å². The first-order chi connectivity index (χ1) is 14.2. The minimum absolute atomic E-state index is 0.0683. The minimum Gasteiger partial charge on any atom is -0.456 e. The molecule has 0 amide bonds. The maximum absolute atomic E-state index is 13.4. The summed E-state index contributed by atoms with van der Waals surface area (Å²) in [6.45, 7) is 4.72. The summed E-state index contributed by atoms with van der Waals surface area (Å²) >= 11 is 12.0. The smallest absolute Gasteiger partial charge is 0.271 e. The number of ether oxygens (including phenoxy) is 1. The molecular formula is C20H25Cl2N3O5S. The van der Waals surface area contributed by atoms with Gasteiger partial charge in [0.05, 0.1) is 4.92 Å². The van der Waals surface area contributed by atoms with E-state index in [2.05, 4.69) is 0 Å². The Morgan fingerprint density at radius 3 is 2.13 bits per heavy atom. The number of nitrogens with zero attached hydrogens (tertiary/aromatic N) is 3. The molecule has 0 bridgehead atoms. The number of nitro benzene ring substituents is 1. The average molecular weight is 490 g/mol. The second kappa shape index (κ2) is 9.70. The van der Waals surface area contributed by atoms with E-state index in [1.54, 1.807) is 0 Å². The van der Waals surface area contributed by atoms with Gasteiger partial charge in [-0.15, -0.1) is 0 Å². The molecule has 0 aliphatic carbocycles. The Balaban J connectivity index is 2.50. The topological polar surface area (TPSA) is 93.0 Å². The molecule has 0 saturated carbocycles. The van der Waals surface area contributed by atoms with Gasteiger partial charge in [-0.2, -0.15) is 0 Å². The minimum atomic E-state index is -4.12. The van der Waals surface area contributed by atoms with Crippen molar-refractivity contribution < 1.29 is 18.1 Å².